The van der Waals surface area contributed by atoms with Gasteiger partial charge in [-0.25, -0.2) is 0 Å². The second-order valence-corrected chi connectivity index (χ2v) is 11.2. The number of rotatable bonds is 4. The van der Waals surface area contributed by atoms with Gasteiger partial charge in [-0.2, -0.15) is 0 Å². The Balaban J connectivity index is 2.78. The summed E-state index contributed by atoms with van der Waals surface area (Å²) in [6, 6.07) is 10.4. The smallest absolute Gasteiger partial charge is 0.250 e. The molecule has 0 fully saturated rings. The molecule has 1 unspecified atom stereocenters. The first-order valence-electron chi connectivity index (χ1n) is 6.58. The minimum absolute atomic E-state index is 0.215. The Hall–Kier alpha value is -1.02. The van der Waals surface area contributed by atoms with Crippen molar-refractivity contribution in [1.82, 2.24) is 0 Å². The monoisotopic (exact) mass is 262 g/mol. The lowest BCUT2D eigenvalue weighted by Crippen LogP contribution is -2.40. The normalized spacial score (nSPS) is 14.1. The Morgan fingerprint density at radius 1 is 1.17 bits per heavy atom. The molecule has 1 rings (SSSR count). The molecule has 0 aliphatic carbocycles. The predicted molar refractivity (Wildman–Crippen MR) is 82.3 cm³/mol. The van der Waals surface area contributed by atoms with E-state index < -0.39 is 8.32 Å². The van der Waals surface area contributed by atoms with Crippen LogP contribution in [0.1, 0.15) is 39.2 Å². The molecule has 0 aromatic heterocycles. The molecular weight excluding hydrogens is 236 g/mol. The van der Waals surface area contributed by atoms with Gasteiger partial charge in [-0.05, 0) is 23.7 Å². The van der Waals surface area contributed by atoms with Gasteiger partial charge in [0.05, 0.1) is 5.76 Å². The van der Waals surface area contributed by atoms with Gasteiger partial charge in [-0.15, -0.1) is 0 Å². The fourth-order valence-corrected chi connectivity index (χ4v) is 2.64. The zero-order valence-corrected chi connectivity index (χ0v) is 13.6. The fraction of sp³-hybridized carbons (Fsp3) is 0.500. The molecule has 1 aromatic carbocycles. The van der Waals surface area contributed by atoms with E-state index in [1.165, 1.54) is 5.56 Å². The summed E-state index contributed by atoms with van der Waals surface area (Å²) in [6.45, 7) is 17.6. The Bertz CT molecular complexity index is 401. The van der Waals surface area contributed by atoms with Crippen molar-refractivity contribution in [2.75, 3.05) is 0 Å². The second kappa shape index (κ2) is 5.31. The molecule has 0 saturated carbocycles. The van der Waals surface area contributed by atoms with Crippen LogP contribution in [0.5, 0.6) is 0 Å². The van der Waals surface area contributed by atoms with Gasteiger partial charge < -0.3 is 4.43 Å². The van der Waals surface area contributed by atoms with Gasteiger partial charge in [0.1, 0.15) is 0 Å². The highest BCUT2D eigenvalue weighted by atomic mass is 28.4. The van der Waals surface area contributed by atoms with Crippen LogP contribution in [0.3, 0.4) is 0 Å². The summed E-state index contributed by atoms with van der Waals surface area (Å²) in [5, 5.41) is 0.215. The largest absolute Gasteiger partial charge is 0.546 e. The molecule has 18 heavy (non-hydrogen) atoms. The first-order valence-corrected chi connectivity index (χ1v) is 9.49. The number of hydrogen-bond donors (Lipinski definition) is 0. The Kier molecular flexibility index (Phi) is 4.44. The summed E-state index contributed by atoms with van der Waals surface area (Å²) in [6.07, 6.45) is 0. The third-order valence-electron chi connectivity index (χ3n) is 3.97. The van der Waals surface area contributed by atoms with E-state index in [-0.39, 0.29) is 11.0 Å². The molecule has 0 heterocycles. The third kappa shape index (κ3) is 3.48. The van der Waals surface area contributed by atoms with E-state index in [0.717, 1.165) is 5.76 Å². The summed E-state index contributed by atoms with van der Waals surface area (Å²) in [4.78, 5) is 0. The molecule has 1 nitrogen and oxygen atoms in total. The molecule has 0 N–H and O–H groups in total. The lowest BCUT2D eigenvalue weighted by Gasteiger charge is -2.38. The van der Waals surface area contributed by atoms with Crippen LogP contribution in [0, 0.1) is 0 Å². The van der Waals surface area contributed by atoms with Crippen LogP contribution in [0.4, 0.5) is 0 Å². The molecule has 0 aliphatic rings. The van der Waals surface area contributed by atoms with Crippen LogP contribution >= 0.6 is 0 Å². The van der Waals surface area contributed by atoms with Crippen molar-refractivity contribution in [1.29, 1.82) is 0 Å². The molecule has 100 valence electrons. The predicted octanol–water partition coefficient (Wildman–Crippen LogP) is 5.33. The van der Waals surface area contributed by atoms with Crippen LogP contribution in [-0.2, 0) is 4.43 Å². The van der Waals surface area contributed by atoms with Gasteiger partial charge >= 0.3 is 0 Å². The summed E-state index contributed by atoms with van der Waals surface area (Å²) in [7, 11) is -1.76. The lowest BCUT2D eigenvalue weighted by molar-refractivity contribution is 0.358. The molecule has 0 spiro atoms. The molecule has 0 saturated heterocycles. The lowest BCUT2D eigenvalue weighted by atomic mass is 10.0. The third-order valence-corrected chi connectivity index (χ3v) is 8.36. The van der Waals surface area contributed by atoms with Gasteiger partial charge in [-0.3, -0.25) is 0 Å². The first kappa shape index (κ1) is 15.0. The second-order valence-electron chi connectivity index (χ2n) is 6.46. The van der Waals surface area contributed by atoms with Gasteiger partial charge in [0, 0.05) is 5.92 Å². The maximum Gasteiger partial charge on any atom is 0.250 e. The van der Waals surface area contributed by atoms with Crippen LogP contribution in [0.15, 0.2) is 42.7 Å². The minimum Gasteiger partial charge on any atom is -0.546 e. The van der Waals surface area contributed by atoms with Crippen molar-refractivity contribution in [3.8, 4) is 0 Å². The topological polar surface area (TPSA) is 9.23 Å². The van der Waals surface area contributed by atoms with E-state index in [4.69, 9.17) is 4.43 Å². The molecule has 0 amide bonds. The van der Waals surface area contributed by atoms with Crippen LogP contribution < -0.4 is 0 Å². The average Bonchev–Trinajstić information content (AvgIpc) is 2.27. The van der Waals surface area contributed by atoms with Crippen molar-refractivity contribution >= 4 is 8.32 Å². The van der Waals surface area contributed by atoms with Crippen LogP contribution in [0.2, 0.25) is 18.1 Å². The highest BCUT2D eigenvalue weighted by molar-refractivity contribution is 6.74. The molecule has 0 radical (unpaired) electrons. The maximum atomic E-state index is 6.26. The minimum atomic E-state index is -1.76. The fourth-order valence-electron chi connectivity index (χ4n) is 1.50. The molecule has 0 bridgehead atoms. The van der Waals surface area contributed by atoms with Crippen molar-refractivity contribution in [3.05, 3.63) is 48.2 Å². The van der Waals surface area contributed by atoms with Crippen molar-refractivity contribution in [2.45, 2.75) is 51.7 Å². The van der Waals surface area contributed by atoms with E-state index in [0.29, 0.717) is 0 Å². The Morgan fingerprint density at radius 2 is 1.67 bits per heavy atom. The molecular formula is C16H26OSi. The highest BCUT2D eigenvalue weighted by Gasteiger charge is 2.39. The molecule has 1 atom stereocenters. The highest BCUT2D eigenvalue weighted by Crippen LogP contribution is 2.39. The van der Waals surface area contributed by atoms with Crippen molar-refractivity contribution in [2.24, 2.45) is 0 Å². The summed E-state index contributed by atoms with van der Waals surface area (Å²) in [5.41, 5.74) is 1.27. The van der Waals surface area contributed by atoms with Gasteiger partial charge in [0.25, 0.3) is 0 Å². The van der Waals surface area contributed by atoms with Crippen LogP contribution in [0.25, 0.3) is 0 Å². The van der Waals surface area contributed by atoms with E-state index in [9.17, 15) is 0 Å². The van der Waals surface area contributed by atoms with Crippen molar-refractivity contribution < 1.29 is 4.43 Å². The molecule has 1 aromatic rings. The van der Waals surface area contributed by atoms with E-state index in [1.807, 2.05) is 6.07 Å². The average molecular weight is 262 g/mol. The van der Waals surface area contributed by atoms with Gasteiger partial charge in [-0.1, -0.05) is 64.6 Å². The number of benzene rings is 1. The van der Waals surface area contributed by atoms with E-state index >= 15 is 0 Å². The quantitative estimate of drug-likeness (QED) is 0.526. The number of hydrogen-bond acceptors (Lipinski definition) is 1. The summed E-state index contributed by atoms with van der Waals surface area (Å²) < 4.78 is 6.26. The van der Waals surface area contributed by atoms with E-state index in [1.54, 1.807) is 0 Å². The molecule has 2 heteroatoms. The van der Waals surface area contributed by atoms with Gasteiger partial charge in [0.15, 0.2) is 0 Å². The molecule has 0 aliphatic heterocycles. The SMILES string of the molecule is C=C(O[Si](C)(C)C(C)(C)C)C(C)c1ccccc1. The van der Waals surface area contributed by atoms with Crippen LogP contribution in [-0.4, -0.2) is 8.32 Å². The zero-order chi connectivity index (χ0) is 14.0. The zero-order valence-electron chi connectivity index (χ0n) is 12.6. The summed E-state index contributed by atoms with van der Waals surface area (Å²) in [5.74, 6) is 1.15. The maximum absolute atomic E-state index is 6.26. The Morgan fingerprint density at radius 3 is 2.11 bits per heavy atom. The number of allylic oxidation sites excluding steroid dienone is 1. The standard InChI is InChI=1S/C16H26OSi/c1-13(15-11-9-8-10-12-15)14(2)17-18(6,7)16(3,4)5/h8-13H,2H2,1,3-7H3. The van der Waals surface area contributed by atoms with E-state index in [2.05, 4.69) is 71.6 Å². The van der Waals surface area contributed by atoms with Crippen molar-refractivity contribution in [3.63, 3.8) is 0 Å². The first-order chi connectivity index (χ1) is 8.15. The summed E-state index contributed by atoms with van der Waals surface area (Å²) >= 11 is 0. The van der Waals surface area contributed by atoms with Gasteiger partial charge in [0.2, 0.25) is 8.32 Å². The Labute approximate surface area is 113 Å².